The molecule has 0 bridgehead atoms. The molecule has 0 atom stereocenters. The van der Waals surface area contributed by atoms with Crippen LogP contribution in [0.2, 0.25) is 0 Å². The van der Waals surface area contributed by atoms with Gasteiger partial charge in [0.05, 0.1) is 5.70 Å². The van der Waals surface area contributed by atoms with Crippen LogP contribution in [0.3, 0.4) is 0 Å². The number of rotatable bonds is 7. The van der Waals surface area contributed by atoms with Gasteiger partial charge in [0.15, 0.2) is 0 Å². The SMILES string of the molecule is C=C/C=C\C=C(/C)C(=C)N=C(C)C(=C)/C=C\CC. The smallest absolute Gasteiger partial charge is 0.0590 e. The normalized spacial score (nSPS) is 13.3. The second-order valence-corrected chi connectivity index (χ2v) is 3.95. The first-order valence-corrected chi connectivity index (χ1v) is 6.09. The lowest BCUT2D eigenvalue weighted by Crippen LogP contribution is -1.94. The summed E-state index contributed by atoms with van der Waals surface area (Å²) in [6, 6.07) is 0. The Balaban J connectivity index is 4.76. The quantitative estimate of drug-likeness (QED) is 0.430. The van der Waals surface area contributed by atoms with Crippen molar-refractivity contribution in [1.82, 2.24) is 0 Å². The molecule has 0 spiro atoms. The number of hydrogen-bond donors (Lipinski definition) is 0. The van der Waals surface area contributed by atoms with E-state index in [1.807, 2.05) is 38.2 Å². The lowest BCUT2D eigenvalue weighted by atomic mass is 10.1. The van der Waals surface area contributed by atoms with Crippen molar-refractivity contribution in [3.05, 3.63) is 73.0 Å². The van der Waals surface area contributed by atoms with Crippen molar-refractivity contribution in [2.24, 2.45) is 4.99 Å². The number of hydrogen-bond acceptors (Lipinski definition) is 1. The molecule has 1 heteroatoms. The highest BCUT2D eigenvalue weighted by molar-refractivity contribution is 6.00. The van der Waals surface area contributed by atoms with Gasteiger partial charge in [-0.15, -0.1) is 0 Å². The molecule has 0 aliphatic carbocycles. The van der Waals surface area contributed by atoms with Crippen LogP contribution in [0.25, 0.3) is 0 Å². The molecule has 0 saturated carbocycles. The van der Waals surface area contributed by atoms with E-state index >= 15 is 0 Å². The van der Waals surface area contributed by atoms with Crippen LogP contribution in [0.1, 0.15) is 27.2 Å². The van der Waals surface area contributed by atoms with Crippen LogP contribution in [-0.2, 0) is 0 Å². The first-order valence-electron chi connectivity index (χ1n) is 6.09. The standard InChI is InChI=1S/C17H23N/c1-7-9-11-13-15(4)17(6)18-16(5)14(3)12-10-8-2/h7,9-13H,1,3,6,8H2,2,4-5H3/b11-9-,12-10-,15-13+,18-16?. The fourth-order valence-electron chi connectivity index (χ4n) is 1.12. The van der Waals surface area contributed by atoms with E-state index in [4.69, 9.17) is 0 Å². The van der Waals surface area contributed by atoms with Gasteiger partial charge >= 0.3 is 0 Å². The maximum atomic E-state index is 4.45. The summed E-state index contributed by atoms with van der Waals surface area (Å²) in [6.45, 7) is 17.6. The minimum atomic E-state index is 0.757. The summed E-state index contributed by atoms with van der Waals surface area (Å²) in [5, 5.41) is 0. The summed E-state index contributed by atoms with van der Waals surface area (Å²) in [5.74, 6) is 0. The minimum absolute atomic E-state index is 0.757. The predicted octanol–water partition coefficient (Wildman–Crippen LogP) is 5.17. The summed E-state index contributed by atoms with van der Waals surface area (Å²) in [6.07, 6.45) is 12.5. The van der Waals surface area contributed by atoms with E-state index in [1.165, 1.54) is 0 Å². The van der Waals surface area contributed by atoms with Crippen molar-refractivity contribution in [3.63, 3.8) is 0 Å². The number of nitrogens with zero attached hydrogens (tertiary/aromatic N) is 1. The molecule has 0 radical (unpaired) electrons. The second kappa shape index (κ2) is 9.17. The van der Waals surface area contributed by atoms with Gasteiger partial charge in [-0.2, -0.15) is 0 Å². The van der Waals surface area contributed by atoms with Gasteiger partial charge in [0, 0.05) is 5.71 Å². The van der Waals surface area contributed by atoms with E-state index in [2.05, 4.69) is 37.7 Å². The molecule has 0 aromatic heterocycles. The Hall–Kier alpha value is -1.89. The molecule has 0 unspecified atom stereocenters. The molecule has 0 aliphatic rings. The van der Waals surface area contributed by atoms with Gasteiger partial charge in [0.2, 0.25) is 0 Å². The molecule has 0 heterocycles. The van der Waals surface area contributed by atoms with Crippen LogP contribution in [0.4, 0.5) is 0 Å². The maximum absolute atomic E-state index is 4.45. The van der Waals surface area contributed by atoms with Crippen LogP contribution in [0.15, 0.2) is 78.0 Å². The van der Waals surface area contributed by atoms with Crippen molar-refractivity contribution < 1.29 is 0 Å². The van der Waals surface area contributed by atoms with Crippen molar-refractivity contribution >= 4 is 5.71 Å². The average molecular weight is 241 g/mol. The molecule has 1 nitrogen and oxygen atoms in total. The molecule has 18 heavy (non-hydrogen) atoms. The largest absolute Gasteiger partial charge is 0.254 e. The van der Waals surface area contributed by atoms with Gasteiger partial charge in [-0.05, 0) is 31.4 Å². The van der Waals surface area contributed by atoms with Crippen molar-refractivity contribution in [2.75, 3.05) is 0 Å². The van der Waals surface area contributed by atoms with Crippen LogP contribution >= 0.6 is 0 Å². The van der Waals surface area contributed by atoms with Crippen LogP contribution in [-0.4, -0.2) is 5.71 Å². The van der Waals surface area contributed by atoms with E-state index in [0.29, 0.717) is 0 Å². The van der Waals surface area contributed by atoms with Crippen LogP contribution in [0.5, 0.6) is 0 Å². The van der Waals surface area contributed by atoms with Crippen LogP contribution in [0, 0.1) is 0 Å². The topological polar surface area (TPSA) is 12.4 Å². The Bertz CT molecular complexity index is 429. The molecule has 0 aromatic rings. The van der Waals surface area contributed by atoms with E-state index in [9.17, 15) is 0 Å². The molecule has 0 aliphatic heterocycles. The highest BCUT2D eigenvalue weighted by Crippen LogP contribution is 2.11. The zero-order chi connectivity index (χ0) is 14.0. The van der Waals surface area contributed by atoms with Gasteiger partial charge in [-0.25, -0.2) is 0 Å². The van der Waals surface area contributed by atoms with Crippen LogP contribution < -0.4 is 0 Å². The molecular weight excluding hydrogens is 218 g/mol. The van der Waals surface area contributed by atoms with E-state index < -0.39 is 0 Å². The Morgan fingerprint density at radius 2 is 1.83 bits per heavy atom. The zero-order valence-electron chi connectivity index (χ0n) is 11.7. The Labute approximate surface area is 111 Å². The molecule has 0 rings (SSSR count). The lowest BCUT2D eigenvalue weighted by Gasteiger charge is -2.03. The summed E-state index contributed by atoms with van der Waals surface area (Å²) in [7, 11) is 0. The molecule has 0 fully saturated rings. The third-order valence-corrected chi connectivity index (χ3v) is 2.37. The predicted molar refractivity (Wildman–Crippen MR) is 83.9 cm³/mol. The summed E-state index contributed by atoms with van der Waals surface area (Å²) >= 11 is 0. The molecule has 0 amide bonds. The third-order valence-electron chi connectivity index (χ3n) is 2.37. The van der Waals surface area contributed by atoms with E-state index in [0.717, 1.165) is 29.0 Å². The third kappa shape index (κ3) is 6.64. The summed E-state index contributed by atoms with van der Waals surface area (Å²) < 4.78 is 0. The number of aliphatic imine (C=N–C) groups is 1. The number of allylic oxidation sites excluding steroid dienone is 8. The Kier molecular flexibility index (Phi) is 8.21. The van der Waals surface area contributed by atoms with Crippen molar-refractivity contribution in [1.29, 1.82) is 0 Å². The lowest BCUT2D eigenvalue weighted by molar-refractivity contribution is 1.22. The molecular formula is C17H23N. The van der Waals surface area contributed by atoms with Gasteiger partial charge in [0.25, 0.3) is 0 Å². The Morgan fingerprint density at radius 3 is 2.39 bits per heavy atom. The monoisotopic (exact) mass is 241 g/mol. The molecule has 0 saturated heterocycles. The van der Waals surface area contributed by atoms with E-state index in [-0.39, 0.29) is 0 Å². The van der Waals surface area contributed by atoms with Gasteiger partial charge in [-0.1, -0.05) is 63.1 Å². The van der Waals surface area contributed by atoms with Crippen molar-refractivity contribution in [2.45, 2.75) is 27.2 Å². The average Bonchev–Trinajstić information content (AvgIpc) is 2.35. The second-order valence-electron chi connectivity index (χ2n) is 3.95. The molecule has 96 valence electrons. The molecule has 0 aromatic carbocycles. The van der Waals surface area contributed by atoms with Gasteiger partial charge in [-0.3, -0.25) is 4.99 Å². The van der Waals surface area contributed by atoms with Gasteiger partial charge < -0.3 is 0 Å². The fraction of sp³-hybridized carbons (Fsp3) is 0.235. The highest BCUT2D eigenvalue weighted by Gasteiger charge is 1.97. The highest BCUT2D eigenvalue weighted by atomic mass is 14.8. The molecule has 0 N–H and O–H groups in total. The Morgan fingerprint density at radius 1 is 1.17 bits per heavy atom. The maximum Gasteiger partial charge on any atom is 0.0590 e. The fourth-order valence-corrected chi connectivity index (χ4v) is 1.12. The first-order chi connectivity index (χ1) is 8.52. The zero-order valence-corrected chi connectivity index (χ0v) is 11.7. The summed E-state index contributed by atoms with van der Waals surface area (Å²) in [4.78, 5) is 4.45. The minimum Gasteiger partial charge on any atom is -0.254 e. The summed E-state index contributed by atoms with van der Waals surface area (Å²) in [5.41, 5.74) is 3.60. The van der Waals surface area contributed by atoms with E-state index in [1.54, 1.807) is 6.08 Å². The van der Waals surface area contributed by atoms with Gasteiger partial charge in [0.1, 0.15) is 0 Å². The van der Waals surface area contributed by atoms with Crippen molar-refractivity contribution in [3.8, 4) is 0 Å². The first kappa shape index (κ1) is 16.1.